The first-order valence-electron chi connectivity index (χ1n) is 8.02. The minimum absolute atomic E-state index is 0.0463. The van der Waals surface area contributed by atoms with E-state index in [9.17, 15) is 4.79 Å². The number of nitrogens with zero attached hydrogens (tertiary/aromatic N) is 1. The van der Waals surface area contributed by atoms with Crippen LogP contribution in [0.25, 0.3) is 11.1 Å². The molecule has 3 rings (SSSR count). The standard InChI is InChI=1S/C19H20N2O2S/c22-19(21-20-16-10-12-24-13-11-16)14-23-18-9-5-4-8-17(18)15-6-2-1-3-7-15/h1-9H,10-14H2,(H,21,22). The third kappa shape index (κ3) is 4.61. The van der Waals surface area contributed by atoms with E-state index >= 15 is 0 Å². The lowest BCUT2D eigenvalue weighted by Gasteiger charge is -2.13. The molecular weight excluding hydrogens is 320 g/mol. The zero-order valence-corrected chi connectivity index (χ0v) is 14.2. The summed E-state index contributed by atoms with van der Waals surface area (Å²) >= 11 is 1.92. The van der Waals surface area contributed by atoms with Crippen molar-refractivity contribution >= 4 is 23.4 Å². The Balaban J connectivity index is 1.59. The number of carbonyl (C=O) groups excluding carboxylic acids is 1. The Morgan fingerprint density at radius 3 is 2.54 bits per heavy atom. The number of amides is 1. The number of nitrogens with one attached hydrogen (secondary N) is 1. The van der Waals surface area contributed by atoms with E-state index in [0.717, 1.165) is 41.2 Å². The number of para-hydroxylation sites is 1. The molecule has 0 atom stereocenters. The quantitative estimate of drug-likeness (QED) is 0.844. The number of rotatable bonds is 5. The van der Waals surface area contributed by atoms with Crippen LogP contribution in [0.15, 0.2) is 59.7 Å². The molecular formula is C19H20N2O2S. The zero-order valence-electron chi connectivity index (χ0n) is 13.4. The topological polar surface area (TPSA) is 50.7 Å². The van der Waals surface area contributed by atoms with E-state index in [2.05, 4.69) is 10.5 Å². The van der Waals surface area contributed by atoms with E-state index in [4.69, 9.17) is 4.74 Å². The van der Waals surface area contributed by atoms with Crippen LogP contribution < -0.4 is 10.2 Å². The predicted octanol–water partition coefficient (Wildman–Crippen LogP) is 3.73. The van der Waals surface area contributed by atoms with Crippen LogP contribution in [0.5, 0.6) is 5.75 Å². The van der Waals surface area contributed by atoms with E-state index in [1.807, 2.05) is 66.4 Å². The van der Waals surface area contributed by atoms with Gasteiger partial charge >= 0.3 is 0 Å². The van der Waals surface area contributed by atoms with Gasteiger partial charge in [-0.05, 0) is 36.0 Å². The normalized spacial score (nSPS) is 14.1. The van der Waals surface area contributed by atoms with Gasteiger partial charge in [0.2, 0.25) is 0 Å². The third-order valence-electron chi connectivity index (χ3n) is 3.74. The second-order valence-electron chi connectivity index (χ2n) is 5.48. The van der Waals surface area contributed by atoms with Gasteiger partial charge in [0.25, 0.3) is 5.91 Å². The lowest BCUT2D eigenvalue weighted by molar-refractivity contribution is -0.123. The maximum atomic E-state index is 12.0. The molecule has 1 fully saturated rings. The summed E-state index contributed by atoms with van der Waals surface area (Å²) in [5.74, 6) is 2.62. The second kappa shape index (κ2) is 8.55. The van der Waals surface area contributed by atoms with Crippen molar-refractivity contribution in [2.75, 3.05) is 18.1 Å². The first kappa shape index (κ1) is 16.6. The van der Waals surface area contributed by atoms with Gasteiger partial charge in [0.05, 0.1) is 0 Å². The Morgan fingerprint density at radius 1 is 1.04 bits per heavy atom. The molecule has 24 heavy (non-hydrogen) atoms. The smallest absolute Gasteiger partial charge is 0.277 e. The van der Waals surface area contributed by atoms with Crippen molar-refractivity contribution in [3.05, 3.63) is 54.6 Å². The Hall–Kier alpha value is -2.27. The minimum Gasteiger partial charge on any atom is -0.483 e. The van der Waals surface area contributed by atoms with Crippen molar-refractivity contribution in [2.24, 2.45) is 5.10 Å². The van der Waals surface area contributed by atoms with Crippen molar-refractivity contribution in [2.45, 2.75) is 12.8 Å². The second-order valence-corrected chi connectivity index (χ2v) is 6.70. The van der Waals surface area contributed by atoms with Crippen molar-refractivity contribution in [3.8, 4) is 16.9 Å². The number of benzene rings is 2. The van der Waals surface area contributed by atoms with Gasteiger partial charge in [0.15, 0.2) is 6.61 Å². The molecule has 1 amide bonds. The molecule has 1 heterocycles. The van der Waals surface area contributed by atoms with Crippen molar-refractivity contribution in [1.82, 2.24) is 5.43 Å². The Bertz CT molecular complexity index is 708. The zero-order chi connectivity index (χ0) is 16.6. The van der Waals surface area contributed by atoms with Gasteiger partial charge in [-0.3, -0.25) is 4.79 Å². The molecule has 0 saturated carbocycles. The lowest BCUT2D eigenvalue weighted by Crippen LogP contribution is -2.26. The van der Waals surface area contributed by atoms with Gasteiger partial charge in [-0.25, -0.2) is 5.43 Å². The van der Waals surface area contributed by atoms with Gasteiger partial charge in [-0.2, -0.15) is 16.9 Å². The van der Waals surface area contributed by atoms with Crippen molar-refractivity contribution in [3.63, 3.8) is 0 Å². The molecule has 0 bridgehead atoms. The Labute approximate surface area is 146 Å². The number of hydrogen-bond acceptors (Lipinski definition) is 4. The molecule has 5 heteroatoms. The monoisotopic (exact) mass is 340 g/mol. The van der Waals surface area contributed by atoms with Crippen molar-refractivity contribution in [1.29, 1.82) is 0 Å². The van der Waals surface area contributed by atoms with Crippen LogP contribution >= 0.6 is 11.8 Å². The molecule has 0 aromatic heterocycles. The van der Waals surface area contributed by atoms with Gasteiger partial charge in [-0.1, -0.05) is 48.5 Å². The molecule has 1 N–H and O–H groups in total. The number of ether oxygens (including phenoxy) is 1. The Kier molecular flexibility index (Phi) is 5.90. The molecule has 0 unspecified atom stereocenters. The highest BCUT2D eigenvalue weighted by Gasteiger charge is 2.10. The first-order chi connectivity index (χ1) is 11.8. The number of hydrazone groups is 1. The highest BCUT2D eigenvalue weighted by Crippen LogP contribution is 2.29. The van der Waals surface area contributed by atoms with E-state index < -0.39 is 0 Å². The molecule has 0 spiro atoms. The van der Waals surface area contributed by atoms with E-state index in [1.54, 1.807) is 0 Å². The largest absolute Gasteiger partial charge is 0.483 e. The van der Waals surface area contributed by atoms with Gasteiger partial charge < -0.3 is 4.74 Å². The van der Waals surface area contributed by atoms with Crippen LogP contribution in [-0.4, -0.2) is 29.7 Å². The van der Waals surface area contributed by atoms with Crippen LogP contribution in [-0.2, 0) is 4.79 Å². The molecule has 1 aliphatic rings. The lowest BCUT2D eigenvalue weighted by atomic mass is 10.1. The molecule has 4 nitrogen and oxygen atoms in total. The highest BCUT2D eigenvalue weighted by atomic mass is 32.2. The summed E-state index contributed by atoms with van der Waals surface area (Å²) in [7, 11) is 0. The molecule has 0 aliphatic carbocycles. The van der Waals surface area contributed by atoms with E-state index in [1.165, 1.54) is 0 Å². The molecule has 124 valence electrons. The molecule has 1 saturated heterocycles. The third-order valence-corrected chi connectivity index (χ3v) is 4.72. The summed E-state index contributed by atoms with van der Waals surface area (Å²) < 4.78 is 5.71. The van der Waals surface area contributed by atoms with Gasteiger partial charge in [0, 0.05) is 11.3 Å². The summed E-state index contributed by atoms with van der Waals surface area (Å²) in [5.41, 5.74) is 5.70. The molecule has 0 radical (unpaired) electrons. The van der Waals surface area contributed by atoms with Crippen LogP contribution in [0.2, 0.25) is 0 Å². The summed E-state index contributed by atoms with van der Waals surface area (Å²) in [6.45, 7) is -0.0463. The van der Waals surface area contributed by atoms with E-state index in [-0.39, 0.29) is 12.5 Å². The fourth-order valence-electron chi connectivity index (χ4n) is 2.48. The van der Waals surface area contributed by atoms with Crippen LogP contribution in [0, 0.1) is 0 Å². The maximum absolute atomic E-state index is 12.0. The van der Waals surface area contributed by atoms with Gasteiger partial charge in [0.1, 0.15) is 5.75 Å². The summed E-state index contributed by atoms with van der Waals surface area (Å²) in [5, 5.41) is 4.20. The summed E-state index contributed by atoms with van der Waals surface area (Å²) in [4.78, 5) is 12.0. The minimum atomic E-state index is -0.233. The van der Waals surface area contributed by atoms with Crippen molar-refractivity contribution < 1.29 is 9.53 Å². The van der Waals surface area contributed by atoms with E-state index in [0.29, 0.717) is 5.75 Å². The summed E-state index contributed by atoms with van der Waals surface area (Å²) in [6, 6.07) is 17.7. The van der Waals surface area contributed by atoms with Crippen LogP contribution in [0.3, 0.4) is 0 Å². The molecule has 2 aromatic rings. The summed E-state index contributed by atoms with van der Waals surface area (Å²) in [6.07, 6.45) is 1.89. The average molecular weight is 340 g/mol. The highest BCUT2D eigenvalue weighted by molar-refractivity contribution is 7.99. The number of carbonyl (C=O) groups is 1. The van der Waals surface area contributed by atoms with Crippen LogP contribution in [0.4, 0.5) is 0 Å². The molecule has 2 aromatic carbocycles. The SMILES string of the molecule is O=C(COc1ccccc1-c1ccccc1)NN=C1CCSCC1. The molecule has 1 aliphatic heterocycles. The average Bonchev–Trinajstić information content (AvgIpc) is 2.66. The number of thioether (sulfide) groups is 1. The Morgan fingerprint density at radius 2 is 1.75 bits per heavy atom. The van der Waals surface area contributed by atoms with Crippen LogP contribution in [0.1, 0.15) is 12.8 Å². The fraction of sp³-hybridized carbons (Fsp3) is 0.263. The number of hydrogen-bond donors (Lipinski definition) is 1. The maximum Gasteiger partial charge on any atom is 0.277 e. The van der Waals surface area contributed by atoms with Gasteiger partial charge in [-0.15, -0.1) is 0 Å². The predicted molar refractivity (Wildman–Crippen MR) is 99.5 cm³/mol. The fourth-order valence-corrected chi connectivity index (χ4v) is 3.45. The first-order valence-corrected chi connectivity index (χ1v) is 9.17.